The van der Waals surface area contributed by atoms with Crippen molar-refractivity contribution in [3.05, 3.63) is 94.5 Å². The number of carbonyl (C=O) groups is 1. The molecule has 0 radical (unpaired) electrons. The molecule has 0 spiro atoms. The molecule has 0 fully saturated rings. The van der Waals surface area contributed by atoms with Gasteiger partial charge in [0.2, 0.25) is 0 Å². The molecule has 0 amide bonds. The molecule has 140 valence electrons. The Morgan fingerprint density at radius 2 is 1.82 bits per heavy atom. The van der Waals surface area contributed by atoms with Crippen LogP contribution in [0, 0.1) is 5.92 Å². The van der Waals surface area contributed by atoms with Gasteiger partial charge >= 0.3 is 5.97 Å². The van der Waals surface area contributed by atoms with Gasteiger partial charge in [-0.3, -0.25) is 0 Å². The second-order valence-electron chi connectivity index (χ2n) is 7.52. The lowest BCUT2D eigenvalue weighted by molar-refractivity contribution is 0.0697. The summed E-state index contributed by atoms with van der Waals surface area (Å²) in [7, 11) is 1.67. The molecule has 5 rings (SSSR count). The average Bonchev–Trinajstić information content (AvgIpc) is 3.12. The Labute approximate surface area is 163 Å². The number of anilines is 1. The maximum atomic E-state index is 11.9. The van der Waals surface area contributed by atoms with Gasteiger partial charge in [-0.15, -0.1) is 0 Å². The third-order valence-electron chi connectivity index (χ3n) is 6.12. The van der Waals surface area contributed by atoms with E-state index in [4.69, 9.17) is 4.74 Å². The number of hydrogen-bond acceptors (Lipinski definition) is 3. The molecule has 0 aromatic heterocycles. The van der Waals surface area contributed by atoms with E-state index in [1.54, 1.807) is 13.2 Å². The largest absolute Gasteiger partial charge is 0.497 e. The molecule has 0 saturated carbocycles. The summed E-state index contributed by atoms with van der Waals surface area (Å²) in [5, 5.41) is 13.3. The van der Waals surface area contributed by atoms with Crippen LogP contribution in [0.15, 0.2) is 66.7 Å². The van der Waals surface area contributed by atoms with Crippen molar-refractivity contribution in [2.45, 2.75) is 18.4 Å². The average molecular weight is 371 g/mol. The number of ether oxygens (including phenoxy) is 1. The van der Waals surface area contributed by atoms with E-state index in [0.29, 0.717) is 11.5 Å². The number of fused-ring (bicyclic) bond motifs is 5. The Bertz CT molecular complexity index is 1070. The predicted molar refractivity (Wildman–Crippen MR) is 108 cm³/mol. The molecule has 2 aliphatic rings. The van der Waals surface area contributed by atoms with E-state index in [1.807, 2.05) is 24.3 Å². The van der Waals surface area contributed by atoms with Crippen molar-refractivity contribution in [2.24, 2.45) is 5.92 Å². The van der Waals surface area contributed by atoms with E-state index < -0.39 is 5.97 Å². The van der Waals surface area contributed by atoms with Crippen molar-refractivity contribution >= 4 is 11.7 Å². The standard InChI is InChI=1S/C24H21NO3/c1-28-16-8-4-7-15(12-16)22-20-13-14-6-2-3-9-17(14)21(20)18-10-5-11-19(24(26)27)23(18)25-22/h2-12,20-22,25H,13H2,1H3,(H,26,27)/t20-,21-,22+/m1/s1. The first-order chi connectivity index (χ1) is 13.7. The van der Waals surface area contributed by atoms with Gasteiger partial charge in [0.25, 0.3) is 0 Å². The van der Waals surface area contributed by atoms with Crippen LogP contribution in [0.3, 0.4) is 0 Å². The quantitative estimate of drug-likeness (QED) is 0.690. The lowest BCUT2D eigenvalue weighted by Gasteiger charge is -2.38. The molecule has 4 nitrogen and oxygen atoms in total. The summed E-state index contributed by atoms with van der Waals surface area (Å²) in [6.45, 7) is 0. The van der Waals surface area contributed by atoms with E-state index in [-0.39, 0.29) is 12.0 Å². The topological polar surface area (TPSA) is 58.6 Å². The fourth-order valence-corrected chi connectivity index (χ4v) is 4.93. The fraction of sp³-hybridized carbons (Fsp3) is 0.208. The van der Waals surface area contributed by atoms with Gasteiger partial charge < -0.3 is 15.2 Å². The van der Waals surface area contributed by atoms with Gasteiger partial charge in [-0.25, -0.2) is 4.79 Å². The molecule has 3 atom stereocenters. The Hall–Kier alpha value is -3.27. The maximum absolute atomic E-state index is 11.9. The zero-order chi connectivity index (χ0) is 19.3. The van der Waals surface area contributed by atoms with E-state index >= 15 is 0 Å². The van der Waals surface area contributed by atoms with E-state index in [2.05, 4.69) is 41.7 Å². The summed E-state index contributed by atoms with van der Waals surface area (Å²) in [6, 6.07) is 22.2. The van der Waals surface area contributed by atoms with Gasteiger partial charge in [0.05, 0.1) is 24.4 Å². The van der Waals surface area contributed by atoms with E-state index in [9.17, 15) is 9.90 Å². The van der Waals surface area contributed by atoms with Gasteiger partial charge in [0.1, 0.15) is 5.75 Å². The third-order valence-corrected chi connectivity index (χ3v) is 6.12. The number of hydrogen-bond donors (Lipinski definition) is 2. The van der Waals surface area contributed by atoms with Crippen LogP contribution in [-0.4, -0.2) is 18.2 Å². The Balaban J connectivity index is 1.71. The van der Waals surface area contributed by atoms with Crippen LogP contribution in [-0.2, 0) is 6.42 Å². The monoisotopic (exact) mass is 371 g/mol. The highest BCUT2D eigenvalue weighted by atomic mass is 16.5. The summed E-state index contributed by atoms with van der Waals surface area (Å²) in [6.07, 6.45) is 0.965. The predicted octanol–water partition coefficient (Wildman–Crippen LogP) is 4.86. The number of benzene rings is 3. The smallest absolute Gasteiger partial charge is 0.337 e. The molecular weight excluding hydrogens is 350 g/mol. The second kappa shape index (κ2) is 6.41. The van der Waals surface area contributed by atoms with Gasteiger partial charge in [0, 0.05) is 5.92 Å². The van der Waals surface area contributed by atoms with Crippen LogP contribution in [0.5, 0.6) is 5.75 Å². The molecular formula is C24H21NO3. The number of para-hydroxylation sites is 1. The summed E-state index contributed by atoms with van der Waals surface area (Å²) < 4.78 is 5.43. The highest BCUT2D eigenvalue weighted by Gasteiger charge is 2.44. The molecule has 2 N–H and O–H groups in total. The van der Waals surface area contributed by atoms with Crippen molar-refractivity contribution in [1.82, 2.24) is 0 Å². The minimum absolute atomic E-state index is 0.0144. The third kappa shape index (κ3) is 2.48. The number of carboxylic acids is 1. The minimum Gasteiger partial charge on any atom is -0.497 e. The Kier molecular flexibility index (Phi) is 3.86. The highest BCUT2D eigenvalue weighted by Crippen LogP contribution is 2.54. The molecule has 3 aromatic rings. The van der Waals surface area contributed by atoms with Crippen LogP contribution in [0.4, 0.5) is 5.69 Å². The van der Waals surface area contributed by atoms with Crippen LogP contribution in [0.2, 0.25) is 0 Å². The summed E-state index contributed by atoms with van der Waals surface area (Å²) >= 11 is 0. The summed E-state index contributed by atoms with van der Waals surface area (Å²) in [5.41, 5.74) is 5.92. The zero-order valence-electron chi connectivity index (χ0n) is 15.6. The fourth-order valence-electron chi connectivity index (χ4n) is 4.93. The zero-order valence-corrected chi connectivity index (χ0v) is 15.6. The normalized spacial score (nSPS) is 21.8. The van der Waals surface area contributed by atoms with Crippen molar-refractivity contribution < 1.29 is 14.6 Å². The lowest BCUT2D eigenvalue weighted by Crippen LogP contribution is -2.31. The van der Waals surface area contributed by atoms with Gasteiger partial charge in [0.15, 0.2) is 0 Å². The molecule has 1 aliphatic heterocycles. The Morgan fingerprint density at radius 1 is 1.04 bits per heavy atom. The molecule has 1 aliphatic carbocycles. The first-order valence-corrected chi connectivity index (χ1v) is 9.52. The number of rotatable bonds is 3. The van der Waals surface area contributed by atoms with Crippen molar-refractivity contribution in [1.29, 1.82) is 0 Å². The molecule has 0 bridgehead atoms. The van der Waals surface area contributed by atoms with Gasteiger partial charge in [-0.05, 0) is 52.8 Å². The first-order valence-electron chi connectivity index (χ1n) is 9.52. The molecule has 3 aromatic carbocycles. The van der Waals surface area contributed by atoms with Crippen LogP contribution >= 0.6 is 0 Å². The molecule has 1 heterocycles. The lowest BCUT2D eigenvalue weighted by atomic mass is 9.75. The SMILES string of the molecule is COc1cccc([C@@H]2Nc3c(C(=O)O)cccc3[C@H]3c4ccccc4C[C@H]32)c1. The van der Waals surface area contributed by atoms with Gasteiger partial charge in [-0.1, -0.05) is 48.5 Å². The number of nitrogens with one attached hydrogen (secondary N) is 1. The van der Waals surface area contributed by atoms with Crippen LogP contribution in [0.1, 0.15) is 44.6 Å². The maximum Gasteiger partial charge on any atom is 0.337 e. The summed E-state index contributed by atoms with van der Waals surface area (Å²) in [4.78, 5) is 11.9. The van der Waals surface area contributed by atoms with Crippen LogP contribution < -0.4 is 10.1 Å². The summed E-state index contributed by atoms with van der Waals surface area (Å²) in [5.74, 6) is 0.408. The van der Waals surface area contributed by atoms with E-state index in [0.717, 1.165) is 29.0 Å². The van der Waals surface area contributed by atoms with Gasteiger partial charge in [-0.2, -0.15) is 0 Å². The minimum atomic E-state index is -0.904. The second-order valence-corrected chi connectivity index (χ2v) is 7.52. The van der Waals surface area contributed by atoms with Crippen molar-refractivity contribution in [3.8, 4) is 5.75 Å². The number of methoxy groups -OCH3 is 1. The molecule has 0 unspecified atom stereocenters. The first kappa shape index (κ1) is 16.9. The highest BCUT2D eigenvalue weighted by molar-refractivity contribution is 5.96. The number of carboxylic acid groups (broad SMARTS) is 1. The molecule has 4 heteroatoms. The van der Waals surface area contributed by atoms with E-state index in [1.165, 1.54) is 11.1 Å². The van der Waals surface area contributed by atoms with Crippen LogP contribution in [0.25, 0.3) is 0 Å². The van der Waals surface area contributed by atoms with Crippen molar-refractivity contribution in [2.75, 3.05) is 12.4 Å². The number of aromatic carboxylic acids is 1. The molecule has 28 heavy (non-hydrogen) atoms. The molecule has 0 saturated heterocycles. The van der Waals surface area contributed by atoms with Crippen molar-refractivity contribution in [3.63, 3.8) is 0 Å². The Morgan fingerprint density at radius 3 is 2.64 bits per heavy atom.